The molecule has 2 atom stereocenters. The summed E-state index contributed by atoms with van der Waals surface area (Å²) in [5.74, 6) is 0.712. The van der Waals surface area contributed by atoms with Crippen molar-refractivity contribution in [2.75, 3.05) is 0 Å². The first-order valence-electron chi connectivity index (χ1n) is 8.96. The van der Waals surface area contributed by atoms with Crippen LogP contribution in [0.5, 0.6) is 5.75 Å². The predicted molar refractivity (Wildman–Crippen MR) is 109 cm³/mol. The van der Waals surface area contributed by atoms with Crippen LogP contribution in [0.25, 0.3) is 0 Å². The van der Waals surface area contributed by atoms with E-state index in [0.717, 1.165) is 16.8 Å². The van der Waals surface area contributed by atoms with E-state index in [-0.39, 0.29) is 12.1 Å². The molecule has 1 aliphatic rings. The maximum absolute atomic E-state index is 8.36. The van der Waals surface area contributed by atoms with Gasteiger partial charge in [0.1, 0.15) is 30.2 Å². The number of imidazole rings is 1. The van der Waals surface area contributed by atoms with E-state index in [1.54, 1.807) is 12.5 Å². The first-order valence-corrected chi connectivity index (χ1v) is 9.34. The van der Waals surface area contributed by atoms with Crippen molar-refractivity contribution in [1.29, 1.82) is 0 Å². The molecule has 0 saturated carbocycles. The lowest BCUT2D eigenvalue weighted by Gasteiger charge is -2.33. The van der Waals surface area contributed by atoms with E-state index in [2.05, 4.69) is 10.1 Å². The molecule has 0 amide bonds. The number of ether oxygens (including phenoxy) is 1. The molecule has 30 heavy (non-hydrogen) atoms. The Morgan fingerprint density at radius 3 is 2.73 bits per heavy atom. The zero-order valence-corrected chi connectivity index (χ0v) is 16.7. The molecular formula is C20H19ClN4O5. The third-order valence-electron chi connectivity index (χ3n) is 4.34. The van der Waals surface area contributed by atoms with Gasteiger partial charge in [0, 0.05) is 23.0 Å². The molecule has 0 fully saturated rings. The van der Waals surface area contributed by atoms with E-state index in [1.807, 2.05) is 66.2 Å². The lowest BCUT2D eigenvalue weighted by molar-refractivity contribution is -0.742. The molecule has 0 aliphatic carbocycles. The van der Waals surface area contributed by atoms with Crippen LogP contribution in [0.15, 0.2) is 72.4 Å². The van der Waals surface area contributed by atoms with Gasteiger partial charge in [0.2, 0.25) is 0 Å². The Bertz CT molecular complexity index is 1010. The Hall–Kier alpha value is -3.59. The maximum Gasteiger partial charge on any atom is 0.291 e. The van der Waals surface area contributed by atoms with Crippen molar-refractivity contribution in [3.8, 4) is 5.75 Å². The number of nitrogens with zero attached hydrogens (tertiary/aromatic N) is 4. The van der Waals surface area contributed by atoms with Crippen LogP contribution >= 0.6 is 11.6 Å². The third-order valence-corrected chi connectivity index (χ3v) is 4.58. The fourth-order valence-corrected chi connectivity index (χ4v) is 3.29. The predicted octanol–water partition coefficient (Wildman–Crippen LogP) is 4.13. The topological polar surface area (TPSA) is 112 Å². The first-order chi connectivity index (χ1) is 14.5. The van der Waals surface area contributed by atoms with Crippen molar-refractivity contribution < 1.29 is 19.9 Å². The molecule has 9 nitrogen and oxygen atoms in total. The van der Waals surface area contributed by atoms with E-state index in [4.69, 9.17) is 36.5 Å². The second kappa shape index (κ2) is 9.75. The fraction of sp³-hybridized carbons (Fsp3) is 0.200. The second-order valence-electron chi connectivity index (χ2n) is 6.39. The summed E-state index contributed by atoms with van der Waals surface area (Å²) in [6.45, 7) is 2.40. The molecule has 1 aromatic heterocycles. The molecule has 4 rings (SSSR count). The molecule has 156 valence electrons. The molecular weight excluding hydrogens is 412 g/mol. The molecule has 2 heterocycles. The summed E-state index contributed by atoms with van der Waals surface area (Å²) < 4.78 is 8.05. The molecule has 1 aliphatic heterocycles. The lowest BCUT2D eigenvalue weighted by Crippen LogP contribution is -2.37. The number of benzene rings is 2. The summed E-state index contributed by atoms with van der Waals surface area (Å²) >= 11 is 6.13. The van der Waals surface area contributed by atoms with Gasteiger partial charge in [0.05, 0.1) is 6.33 Å². The number of hydrogen-bond donors (Lipinski definition) is 1. The second-order valence-corrected chi connectivity index (χ2v) is 6.83. The third kappa shape index (κ3) is 5.26. The van der Waals surface area contributed by atoms with Crippen LogP contribution in [0, 0.1) is 10.1 Å². The van der Waals surface area contributed by atoms with Crippen LogP contribution in [0.4, 0.5) is 0 Å². The summed E-state index contributed by atoms with van der Waals surface area (Å²) in [5.41, 5.74) is 2.73. The van der Waals surface area contributed by atoms with Crippen molar-refractivity contribution in [3.63, 3.8) is 0 Å². The average Bonchev–Trinajstić information content (AvgIpc) is 3.22. The van der Waals surface area contributed by atoms with Gasteiger partial charge in [0.15, 0.2) is 0 Å². The molecule has 0 bridgehead atoms. The van der Waals surface area contributed by atoms with Gasteiger partial charge in [0.25, 0.3) is 5.09 Å². The average molecular weight is 431 g/mol. The van der Waals surface area contributed by atoms with E-state index in [1.165, 1.54) is 0 Å². The summed E-state index contributed by atoms with van der Waals surface area (Å²) in [6, 6.07) is 15.4. The lowest BCUT2D eigenvalue weighted by atomic mass is 9.95. The molecule has 0 unspecified atom stereocenters. The summed E-state index contributed by atoms with van der Waals surface area (Å²) in [5, 5.41) is 18.7. The van der Waals surface area contributed by atoms with Crippen molar-refractivity contribution in [1.82, 2.24) is 9.55 Å². The Balaban J connectivity index is 0.000000589. The standard InChI is InChI=1S/C20H18ClN3O2.HNO3/c1-14-20(24-10-9-22-13-24)19(17-8-7-16(21)11-18(17)26-14)23-25-12-15-5-3-2-4-6-15;2-1(3)4/h2-11,13-14,20H,12H2,1H3;(H,2,3,4)/b23-19+;/t14-,20-;/m0./s1. The van der Waals surface area contributed by atoms with Crippen LogP contribution in [0.2, 0.25) is 5.02 Å². The number of aromatic nitrogens is 2. The van der Waals surface area contributed by atoms with Gasteiger partial charge < -0.3 is 19.3 Å². The fourth-order valence-electron chi connectivity index (χ4n) is 3.12. The highest BCUT2D eigenvalue weighted by Gasteiger charge is 2.35. The molecule has 0 radical (unpaired) electrons. The smallest absolute Gasteiger partial charge is 0.291 e. The van der Waals surface area contributed by atoms with Gasteiger partial charge in [-0.1, -0.05) is 47.1 Å². The van der Waals surface area contributed by atoms with Gasteiger partial charge in [-0.3, -0.25) is 0 Å². The number of fused-ring (bicyclic) bond motifs is 1. The van der Waals surface area contributed by atoms with E-state index < -0.39 is 5.09 Å². The highest BCUT2D eigenvalue weighted by atomic mass is 35.5. The first kappa shape index (κ1) is 21.1. The molecule has 2 aromatic carbocycles. The van der Waals surface area contributed by atoms with Crippen LogP contribution in [-0.2, 0) is 11.4 Å². The quantitative estimate of drug-likeness (QED) is 0.492. The maximum atomic E-state index is 8.36. The van der Waals surface area contributed by atoms with Gasteiger partial charge in [-0.2, -0.15) is 0 Å². The van der Waals surface area contributed by atoms with Crippen molar-refractivity contribution in [2.45, 2.75) is 25.7 Å². The number of oxime groups is 1. The van der Waals surface area contributed by atoms with Gasteiger partial charge in [-0.05, 0) is 30.7 Å². The Labute approximate surface area is 177 Å². The van der Waals surface area contributed by atoms with Crippen LogP contribution in [0.3, 0.4) is 0 Å². The van der Waals surface area contributed by atoms with E-state index >= 15 is 0 Å². The molecule has 0 saturated heterocycles. The Morgan fingerprint density at radius 1 is 1.33 bits per heavy atom. The van der Waals surface area contributed by atoms with Crippen LogP contribution < -0.4 is 4.74 Å². The molecule has 3 aromatic rings. The summed E-state index contributed by atoms with van der Waals surface area (Å²) in [4.78, 5) is 18.2. The molecule has 1 N–H and O–H groups in total. The van der Waals surface area contributed by atoms with Crippen molar-refractivity contribution in [3.05, 3.63) is 93.5 Å². The monoisotopic (exact) mass is 430 g/mol. The normalized spacial score (nSPS) is 18.5. The Kier molecular flexibility index (Phi) is 6.87. The van der Waals surface area contributed by atoms with Crippen LogP contribution in [0.1, 0.15) is 24.1 Å². The van der Waals surface area contributed by atoms with Gasteiger partial charge in [-0.15, -0.1) is 10.1 Å². The number of hydrogen-bond acceptors (Lipinski definition) is 6. The summed E-state index contributed by atoms with van der Waals surface area (Å²) in [7, 11) is 0. The van der Waals surface area contributed by atoms with E-state index in [9.17, 15) is 0 Å². The Morgan fingerprint density at radius 2 is 2.07 bits per heavy atom. The van der Waals surface area contributed by atoms with E-state index in [0.29, 0.717) is 17.4 Å². The highest BCUT2D eigenvalue weighted by molar-refractivity contribution is 6.31. The highest BCUT2D eigenvalue weighted by Crippen LogP contribution is 2.36. The largest absolute Gasteiger partial charge is 0.487 e. The number of rotatable bonds is 4. The molecule has 10 heteroatoms. The zero-order chi connectivity index (χ0) is 21.5. The minimum atomic E-state index is -1.50. The van der Waals surface area contributed by atoms with Gasteiger partial charge in [-0.25, -0.2) is 4.98 Å². The number of halogens is 1. The minimum absolute atomic E-state index is 0.137. The van der Waals surface area contributed by atoms with Crippen LogP contribution in [-0.4, -0.2) is 31.7 Å². The SMILES string of the molecule is C[C@@H]1Oc2cc(Cl)ccc2/C(=N\OCc2ccccc2)[C@H]1n1ccnc1.O=[N+]([O-])O. The van der Waals surface area contributed by atoms with Gasteiger partial charge >= 0.3 is 0 Å². The minimum Gasteiger partial charge on any atom is -0.487 e. The van der Waals surface area contributed by atoms with Crippen molar-refractivity contribution >= 4 is 17.3 Å². The van der Waals surface area contributed by atoms with Crippen molar-refractivity contribution in [2.24, 2.45) is 5.16 Å². The summed E-state index contributed by atoms with van der Waals surface area (Å²) in [6.07, 6.45) is 5.26. The molecule has 0 spiro atoms. The zero-order valence-electron chi connectivity index (χ0n) is 16.0.